The lowest BCUT2D eigenvalue weighted by atomic mass is 10.2. The molecule has 0 unspecified atom stereocenters. The Balaban J connectivity index is 1.73. The Morgan fingerprint density at radius 1 is 1.23 bits per heavy atom. The highest BCUT2D eigenvalue weighted by Gasteiger charge is 2.22. The fourth-order valence-electron chi connectivity index (χ4n) is 2.39. The third-order valence-electron chi connectivity index (χ3n) is 3.56. The van der Waals surface area contributed by atoms with Crippen LogP contribution in [0.1, 0.15) is 16.9 Å². The van der Waals surface area contributed by atoms with Crippen molar-refractivity contribution in [3.05, 3.63) is 69.5 Å². The van der Waals surface area contributed by atoms with Crippen LogP contribution in [0.5, 0.6) is 0 Å². The van der Waals surface area contributed by atoms with E-state index in [4.69, 9.17) is 28.2 Å². The van der Waals surface area contributed by atoms with Crippen LogP contribution in [0.2, 0.25) is 5.02 Å². The Kier molecular flexibility index (Phi) is 4.51. The SMILES string of the molecule is O=C1NC(=S)S/C1=C/c1cc2cncc(C#Cc3ccccc3Cl)c2o1. The molecule has 3 aromatic rings. The quantitative estimate of drug-likeness (QED) is 0.376. The van der Waals surface area contributed by atoms with Crippen LogP contribution in [0.25, 0.3) is 17.0 Å². The fourth-order valence-corrected chi connectivity index (χ4v) is 3.60. The molecule has 4 nitrogen and oxygen atoms in total. The van der Waals surface area contributed by atoms with Crippen LogP contribution in [-0.4, -0.2) is 15.2 Å². The molecular formula is C19H9ClN2O2S2. The topological polar surface area (TPSA) is 55.1 Å². The molecule has 1 aliphatic rings. The first-order valence-corrected chi connectivity index (χ1v) is 9.09. The summed E-state index contributed by atoms with van der Waals surface area (Å²) in [6.07, 6.45) is 4.98. The molecule has 1 aliphatic heterocycles. The van der Waals surface area contributed by atoms with Crippen LogP contribution in [0.3, 0.4) is 0 Å². The first-order chi connectivity index (χ1) is 12.6. The van der Waals surface area contributed by atoms with Gasteiger partial charge in [0.25, 0.3) is 5.91 Å². The van der Waals surface area contributed by atoms with Crippen molar-refractivity contribution >= 4 is 62.9 Å². The van der Waals surface area contributed by atoms with Crippen LogP contribution in [-0.2, 0) is 4.79 Å². The molecule has 3 heterocycles. The van der Waals surface area contributed by atoms with Gasteiger partial charge in [-0.3, -0.25) is 9.78 Å². The van der Waals surface area contributed by atoms with Crippen molar-refractivity contribution in [2.24, 2.45) is 0 Å². The van der Waals surface area contributed by atoms with Crippen molar-refractivity contribution in [1.82, 2.24) is 10.3 Å². The molecule has 0 radical (unpaired) electrons. The summed E-state index contributed by atoms with van der Waals surface area (Å²) in [5.74, 6) is 6.40. The second-order valence-electron chi connectivity index (χ2n) is 5.34. The normalized spacial score (nSPS) is 15.2. The Hall–Kier alpha value is -2.59. The predicted octanol–water partition coefficient (Wildman–Crippen LogP) is 4.37. The molecular weight excluding hydrogens is 388 g/mol. The van der Waals surface area contributed by atoms with E-state index < -0.39 is 0 Å². The fraction of sp³-hybridized carbons (Fsp3) is 0. The highest BCUT2D eigenvalue weighted by molar-refractivity contribution is 8.26. The summed E-state index contributed by atoms with van der Waals surface area (Å²) in [5, 5.41) is 3.96. The monoisotopic (exact) mass is 396 g/mol. The van der Waals surface area contributed by atoms with Crippen LogP contribution in [0, 0.1) is 11.8 Å². The molecule has 0 atom stereocenters. The molecule has 0 bridgehead atoms. The maximum Gasteiger partial charge on any atom is 0.263 e. The Morgan fingerprint density at radius 3 is 2.81 bits per heavy atom. The molecule has 1 fully saturated rings. The number of benzene rings is 1. The number of carbonyl (C=O) groups excluding carboxylic acids is 1. The number of pyridine rings is 1. The molecule has 0 spiro atoms. The number of thiocarbonyl (C=S) groups is 1. The van der Waals surface area contributed by atoms with Crippen molar-refractivity contribution in [2.75, 3.05) is 0 Å². The number of hydrogen-bond donors (Lipinski definition) is 1. The van der Waals surface area contributed by atoms with Gasteiger partial charge in [0.05, 0.1) is 15.5 Å². The van der Waals surface area contributed by atoms with E-state index in [1.54, 1.807) is 24.5 Å². The van der Waals surface area contributed by atoms with E-state index in [1.165, 1.54) is 11.8 Å². The first-order valence-electron chi connectivity index (χ1n) is 7.49. The minimum Gasteiger partial charge on any atom is -0.455 e. The molecule has 1 saturated heterocycles. The number of carbonyl (C=O) groups is 1. The number of hydrogen-bond acceptors (Lipinski definition) is 5. The zero-order valence-corrected chi connectivity index (χ0v) is 15.5. The number of amides is 1. The lowest BCUT2D eigenvalue weighted by Gasteiger charge is -1.94. The minimum absolute atomic E-state index is 0.225. The first kappa shape index (κ1) is 16.9. The summed E-state index contributed by atoms with van der Waals surface area (Å²) < 4.78 is 6.31. The highest BCUT2D eigenvalue weighted by Crippen LogP contribution is 2.29. The second kappa shape index (κ2) is 6.96. The number of nitrogens with zero attached hydrogens (tertiary/aromatic N) is 1. The van der Waals surface area contributed by atoms with Crippen molar-refractivity contribution < 1.29 is 9.21 Å². The van der Waals surface area contributed by atoms with E-state index in [-0.39, 0.29) is 5.91 Å². The predicted molar refractivity (Wildman–Crippen MR) is 108 cm³/mol. The van der Waals surface area contributed by atoms with E-state index in [0.717, 1.165) is 10.9 Å². The van der Waals surface area contributed by atoms with Crippen molar-refractivity contribution in [1.29, 1.82) is 0 Å². The van der Waals surface area contributed by atoms with Crippen LogP contribution in [0.15, 0.2) is 52.0 Å². The molecule has 1 aromatic carbocycles. The van der Waals surface area contributed by atoms with Gasteiger partial charge >= 0.3 is 0 Å². The molecule has 4 rings (SSSR count). The average molecular weight is 397 g/mol. The summed E-state index contributed by atoms with van der Waals surface area (Å²) in [5.41, 5.74) is 1.98. The Labute approximate surface area is 163 Å². The van der Waals surface area contributed by atoms with Crippen molar-refractivity contribution in [3.8, 4) is 11.8 Å². The third kappa shape index (κ3) is 3.37. The number of nitrogens with one attached hydrogen (secondary N) is 1. The van der Waals surface area contributed by atoms with Crippen molar-refractivity contribution in [3.63, 3.8) is 0 Å². The lowest BCUT2D eigenvalue weighted by Crippen LogP contribution is -2.17. The van der Waals surface area contributed by atoms with Crippen LogP contribution < -0.4 is 5.32 Å². The van der Waals surface area contributed by atoms with Gasteiger partial charge in [0.15, 0.2) is 5.58 Å². The smallest absolute Gasteiger partial charge is 0.263 e. The standard InChI is InChI=1S/C19H9ClN2O2S2/c20-15-4-2-1-3-11(15)5-6-12-9-21-10-13-7-14(24-17(12)13)8-16-18(23)22-19(25)26-16/h1-4,7-10H,(H,22,23,25)/b16-8+. The molecule has 1 amide bonds. The molecule has 26 heavy (non-hydrogen) atoms. The number of rotatable bonds is 1. The molecule has 1 N–H and O–H groups in total. The maximum absolute atomic E-state index is 11.8. The minimum atomic E-state index is -0.225. The highest BCUT2D eigenvalue weighted by atomic mass is 35.5. The Bertz CT molecular complexity index is 1160. The van der Waals surface area contributed by atoms with E-state index in [0.29, 0.717) is 31.2 Å². The van der Waals surface area contributed by atoms with Gasteiger partial charge in [-0.2, -0.15) is 0 Å². The zero-order chi connectivity index (χ0) is 18.1. The number of fused-ring (bicyclic) bond motifs is 1. The van der Waals surface area contributed by atoms with Gasteiger partial charge in [-0.15, -0.1) is 0 Å². The van der Waals surface area contributed by atoms with Gasteiger partial charge in [0.2, 0.25) is 0 Å². The van der Waals surface area contributed by atoms with E-state index in [2.05, 4.69) is 22.1 Å². The van der Waals surface area contributed by atoms with E-state index in [1.807, 2.05) is 24.3 Å². The van der Waals surface area contributed by atoms with Gasteiger partial charge in [-0.05, 0) is 18.2 Å². The maximum atomic E-state index is 11.8. The van der Waals surface area contributed by atoms with E-state index in [9.17, 15) is 4.79 Å². The average Bonchev–Trinajstić information content (AvgIpc) is 3.17. The van der Waals surface area contributed by atoms with Crippen molar-refractivity contribution in [2.45, 2.75) is 0 Å². The largest absolute Gasteiger partial charge is 0.455 e. The molecule has 2 aromatic heterocycles. The second-order valence-corrected chi connectivity index (χ2v) is 7.46. The Morgan fingerprint density at radius 2 is 2.04 bits per heavy atom. The van der Waals surface area contributed by atoms with Crippen LogP contribution >= 0.6 is 35.6 Å². The van der Waals surface area contributed by atoms with Gasteiger partial charge < -0.3 is 9.73 Å². The number of furan rings is 1. The van der Waals surface area contributed by atoms with Gasteiger partial charge in [-0.1, -0.05) is 59.6 Å². The summed E-state index contributed by atoms with van der Waals surface area (Å²) >= 11 is 12.3. The van der Waals surface area contributed by atoms with E-state index >= 15 is 0 Å². The summed E-state index contributed by atoms with van der Waals surface area (Å²) in [6, 6.07) is 9.17. The lowest BCUT2D eigenvalue weighted by molar-refractivity contribution is -0.115. The molecule has 7 heteroatoms. The summed E-state index contributed by atoms with van der Waals surface area (Å²) in [6.45, 7) is 0. The summed E-state index contributed by atoms with van der Waals surface area (Å²) in [4.78, 5) is 16.5. The number of thioether (sulfide) groups is 1. The van der Waals surface area contributed by atoms with Gasteiger partial charge in [0, 0.05) is 29.4 Å². The molecule has 0 saturated carbocycles. The third-order valence-corrected chi connectivity index (χ3v) is 5.06. The zero-order valence-electron chi connectivity index (χ0n) is 13.1. The molecule has 0 aliphatic carbocycles. The van der Waals surface area contributed by atoms with Gasteiger partial charge in [-0.25, -0.2) is 0 Å². The van der Waals surface area contributed by atoms with Gasteiger partial charge in [0.1, 0.15) is 10.1 Å². The number of halogens is 1. The number of aromatic nitrogens is 1. The van der Waals surface area contributed by atoms with Crippen LogP contribution in [0.4, 0.5) is 0 Å². The molecule has 126 valence electrons. The summed E-state index contributed by atoms with van der Waals surface area (Å²) in [7, 11) is 0.